The van der Waals surface area contributed by atoms with Crippen molar-refractivity contribution in [2.75, 3.05) is 9.44 Å². The van der Waals surface area contributed by atoms with Gasteiger partial charge in [-0.25, -0.2) is 20.0 Å². The van der Waals surface area contributed by atoms with Gasteiger partial charge in [0.25, 0.3) is 21.0 Å². The lowest BCUT2D eigenvalue weighted by atomic mass is 10.3. The van der Waals surface area contributed by atoms with E-state index in [4.69, 9.17) is 58.6 Å². The number of benzene rings is 3. The largest absolute Gasteiger partial charge is 0.338 e. The fraction of sp³-hybridized carbons (Fsp3) is 0. The van der Waals surface area contributed by atoms with Crippen molar-refractivity contribution in [1.29, 1.82) is 0 Å². The lowest BCUT2D eigenvalue weighted by Crippen LogP contribution is -2.45. The van der Waals surface area contributed by atoms with Crippen LogP contribution in [0.25, 0.3) is 11.5 Å². The molecule has 7 rings (SSSR count). The number of anilines is 2. The van der Waals surface area contributed by atoms with Crippen molar-refractivity contribution in [2.45, 2.75) is 5.16 Å². The van der Waals surface area contributed by atoms with Gasteiger partial charge in [0.15, 0.2) is 5.82 Å². The Balaban J connectivity index is 0.000000177. The molecule has 0 unspecified atom stereocenters. The molecule has 0 bridgehead atoms. The second kappa shape index (κ2) is 13.9. The van der Waals surface area contributed by atoms with E-state index in [1.54, 1.807) is 16.7 Å². The number of nitrogens with zero attached hydrogens (tertiary/aromatic N) is 9. The maximum absolute atomic E-state index is 12.7. The SMILES string of the molecule is O=S(=O)(Nc1c(Cl)cccc1Cl)N1C=C2N=CN=CN2N1.O=S(=O)(Nc1c(Cl)cccc1Cl)c1nc2ncn(-c3ccccc3)c(=S)n2n1. The molecule has 252 valence electrons. The Morgan fingerprint density at radius 3 is 2.02 bits per heavy atom. The number of halogens is 4. The first kappa shape index (κ1) is 34.5. The van der Waals surface area contributed by atoms with E-state index < -0.39 is 25.4 Å². The molecule has 4 heterocycles. The van der Waals surface area contributed by atoms with Crippen LogP contribution in [-0.2, 0) is 20.2 Å². The number of nitrogens with one attached hydrogen (secondary N) is 3. The smallest absolute Gasteiger partial charge is 0.276 e. The first-order valence-electron chi connectivity index (χ1n) is 13.3. The van der Waals surface area contributed by atoms with E-state index in [0.717, 1.165) is 10.1 Å². The van der Waals surface area contributed by atoms with E-state index in [0.29, 0.717) is 5.82 Å². The summed E-state index contributed by atoms with van der Waals surface area (Å²) in [5.74, 6) is 0.420. The van der Waals surface area contributed by atoms with Crippen LogP contribution in [0.15, 0.2) is 100 Å². The average molecular weight is 801 g/mol. The van der Waals surface area contributed by atoms with E-state index in [1.165, 1.54) is 59.0 Å². The highest BCUT2D eigenvalue weighted by molar-refractivity contribution is 7.92. The van der Waals surface area contributed by atoms with Crippen LogP contribution in [0.3, 0.4) is 0 Å². The summed E-state index contributed by atoms with van der Waals surface area (Å²) in [4.78, 5) is 15.8. The van der Waals surface area contributed by atoms with Gasteiger partial charge in [0.1, 0.15) is 19.0 Å². The number of rotatable bonds is 7. The monoisotopic (exact) mass is 798 g/mol. The summed E-state index contributed by atoms with van der Waals surface area (Å²) in [5.41, 5.74) is 3.46. The van der Waals surface area contributed by atoms with Crippen molar-refractivity contribution >= 4 is 109 Å². The highest BCUT2D eigenvalue weighted by atomic mass is 35.5. The molecular weight excluding hydrogens is 782 g/mol. The Hall–Kier alpha value is -4.34. The van der Waals surface area contributed by atoms with E-state index >= 15 is 0 Å². The zero-order chi connectivity index (χ0) is 34.9. The third kappa shape index (κ3) is 7.33. The number of hydrazine groups is 2. The van der Waals surface area contributed by atoms with Crippen molar-refractivity contribution in [3.05, 3.63) is 110 Å². The maximum Gasteiger partial charge on any atom is 0.338 e. The van der Waals surface area contributed by atoms with Gasteiger partial charge in [-0.15, -0.1) is 10.6 Å². The van der Waals surface area contributed by atoms with Gasteiger partial charge in [-0.1, -0.05) is 76.7 Å². The number of fused-ring (bicyclic) bond motifs is 2. The summed E-state index contributed by atoms with van der Waals surface area (Å²) in [6.07, 6.45) is 5.43. The molecule has 23 heteroatoms. The highest BCUT2D eigenvalue weighted by Gasteiger charge is 2.30. The summed E-state index contributed by atoms with van der Waals surface area (Å²) < 4.78 is 58.5. The standard InChI is InChI=1S/C16H10Cl2N6O2S2.C10H8Cl2N6O2S/c17-11-7-4-8-12(18)13(11)22-28(25,26)15-20-14-19-9-23(16(27)24(14)21-15)10-5-2-1-3-6-10;11-7-2-1-3-8(12)10(7)15-21(19,20)18-4-9-14-5-13-6-17(9)16-18/h1-9,22H;1-6,15-16H. The Morgan fingerprint density at radius 1 is 0.796 bits per heavy atom. The lowest BCUT2D eigenvalue weighted by molar-refractivity contribution is 0.285. The molecule has 0 saturated carbocycles. The summed E-state index contributed by atoms with van der Waals surface area (Å²) in [5, 5.41) is 5.51. The minimum absolute atomic E-state index is 0.0376. The van der Waals surface area contributed by atoms with Crippen molar-refractivity contribution in [3.8, 4) is 5.69 Å². The molecule has 0 spiro atoms. The minimum atomic E-state index is -4.17. The normalized spacial score (nSPS) is 13.9. The Bertz CT molecular complexity index is 2420. The van der Waals surface area contributed by atoms with Crippen LogP contribution in [0.1, 0.15) is 0 Å². The maximum atomic E-state index is 12.7. The first-order chi connectivity index (χ1) is 23.3. The van der Waals surface area contributed by atoms with Gasteiger partial charge in [0.2, 0.25) is 4.77 Å². The molecule has 0 fully saturated rings. The average Bonchev–Trinajstić information content (AvgIpc) is 3.73. The molecule has 0 amide bonds. The quantitative estimate of drug-likeness (QED) is 0.183. The predicted octanol–water partition coefficient (Wildman–Crippen LogP) is 5.31. The van der Waals surface area contributed by atoms with Crippen molar-refractivity contribution in [3.63, 3.8) is 0 Å². The number of aromatic nitrogens is 5. The molecule has 2 aliphatic heterocycles. The molecule has 2 aliphatic rings. The lowest BCUT2D eigenvalue weighted by Gasteiger charge is -2.21. The van der Waals surface area contributed by atoms with E-state index in [9.17, 15) is 16.8 Å². The zero-order valence-electron chi connectivity index (χ0n) is 24.1. The fourth-order valence-electron chi connectivity index (χ4n) is 4.03. The fourth-order valence-corrected chi connectivity index (χ4v) is 7.49. The van der Waals surface area contributed by atoms with Gasteiger partial charge >= 0.3 is 10.2 Å². The topological polar surface area (TPSA) is 184 Å². The molecule has 16 nitrogen and oxygen atoms in total. The second-order valence-electron chi connectivity index (χ2n) is 9.51. The van der Waals surface area contributed by atoms with E-state index in [1.807, 2.05) is 30.3 Å². The van der Waals surface area contributed by atoms with E-state index in [-0.39, 0.29) is 42.0 Å². The number of hydrogen-bond donors (Lipinski definition) is 3. The number of sulfonamides is 1. The van der Waals surface area contributed by atoms with Crippen molar-refractivity contribution in [2.24, 2.45) is 9.98 Å². The van der Waals surface area contributed by atoms with Crippen LogP contribution in [-0.4, -0.2) is 63.1 Å². The first-order valence-corrected chi connectivity index (χ1v) is 18.1. The molecule has 49 heavy (non-hydrogen) atoms. The van der Waals surface area contributed by atoms with Gasteiger partial charge in [-0.3, -0.25) is 14.0 Å². The highest BCUT2D eigenvalue weighted by Crippen LogP contribution is 2.32. The van der Waals surface area contributed by atoms with Crippen molar-refractivity contribution in [1.82, 2.24) is 39.1 Å². The third-order valence-corrected chi connectivity index (χ3v) is 10.2. The molecule has 0 saturated heterocycles. The van der Waals surface area contributed by atoms with Gasteiger partial charge < -0.3 is 0 Å². The summed E-state index contributed by atoms with van der Waals surface area (Å²) in [6.45, 7) is 0. The molecule has 0 atom stereocenters. The third-order valence-electron chi connectivity index (χ3n) is 6.30. The molecule has 0 radical (unpaired) electrons. The van der Waals surface area contributed by atoms with Gasteiger partial charge in [0.05, 0.1) is 37.7 Å². The van der Waals surface area contributed by atoms with Crippen LogP contribution in [0, 0.1) is 4.77 Å². The molecular formula is C26H18Cl4N12O4S3. The molecule has 3 aromatic carbocycles. The zero-order valence-corrected chi connectivity index (χ0v) is 29.5. The van der Waals surface area contributed by atoms with Crippen LogP contribution >= 0.6 is 58.6 Å². The van der Waals surface area contributed by atoms with Crippen LogP contribution < -0.4 is 15.0 Å². The molecule has 3 N–H and O–H groups in total. The predicted molar refractivity (Wildman–Crippen MR) is 189 cm³/mol. The van der Waals surface area contributed by atoms with Crippen LogP contribution in [0.4, 0.5) is 11.4 Å². The Labute approximate surface area is 303 Å². The van der Waals surface area contributed by atoms with E-state index in [2.05, 4.69) is 40.0 Å². The second-order valence-corrected chi connectivity index (χ2v) is 14.6. The minimum Gasteiger partial charge on any atom is -0.276 e. The van der Waals surface area contributed by atoms with Crippen molar-refractivity contribution < 1.29 is 16.8 Å². The Morgan fingerprint density at radius 2 is 1.41 bits per heavy atom. The molecule has 0 aliphatic carbocycles. The molecule has 5 aromatic rings. The summed E-state index contributed by atoms with van der Waals surface area (Å²) in [7, 11) is -8.14. The van der Waals surface area contributed by atoms with Gasteiger partial charge in [-0.05, 0) is 48.6 Å². The van der Waals surface area contributed by atoms with Crippen LogP contribution in [0.2, 0.25) is 20.1 Å². The number of aliphatic imine (C=N–C) groups is 2. The molecule has 2 aromatic heterocycles. The van der Waals surface area contributed by atoms with Crippen LogP contribution in [0.5, 0.6) is 0 Å². The van der Waals surface area contributed by atoms with Gasteiger partial charge in [-0.2, -0.15) is 30.7 Å². The number of para-hydroxylation sites is 3. The summed E-state index contributed by atoms with van der Waals surface area (Å²) in [6, 6.07) is 18.5. The summed E-state index contributed by atoms with van der Waals surface area (Å²) >= 11 is 29.3. The number of hydrogen-bond acceptors (Lipinski definition) is 12. The Kier molecular flexibility index (Phi) is 9.78. The van der Waals surface area contributed by atoms with Gasteiger partial charge in [0, 0.05) is 5.69 Å².